The quantitative estimate of drug-likeness (QED) is 0.449. The third-order valence-corrected chi connectivity index (χ3v) is 6.77. The van der Waals surface area contributed by atoms with Crippen LogP contribution in [0.15, 0.2) is 65.9 Å². The van der Waals surface area contributed by atoms with E-state index < -0.39 is 0 Å². The molecule has 0 aliphatic carbocycles. The van der Waals surface area contributed by atoms with Gasteiger partial charge < -0.3 is 14.7 Å². The van der Waals surface area contributed by atoms with E-state index in [1.165, 1.54) is 11.1 Å². The molecular weight excluding hydrogens is 414 g/mol. The fourth-order valence-electron chi connectivity index (χ4n) is 5.03. The topological polar surface area (TPSA) is 67.2 Å². The second kappa shape index (κ2) is 9.24. The molecule has 6 heteroatoms. The Morgan fingerprint density at radius 2 is 1.97 bits per heavy atom. The summed E-state index contributed by atoms with van der Waals surface area (Å²) in [5.41, 5.74) is 6.53. The summed E-state index contributed by atoms with van der Waals surface area (Å²) < 4.78 is 11.8. The minimum absolute atomic E-state index is 0.00285. The highest BCUT2D eigenvalue weighted by molar-refractivity contribution is 5.92. The highest BCUT2D eigenvalue weighted by atomic mass is 16.5. The van der Waals surface area contributed by atoms with Gasteiger partial charge in [0.25, 0.3) is 0 Å². The number of hydrogen-bond donors (Lipinski definition) is 1. The van der Waals surface area contributed by atoms with E-state index in [-0.39, 0.29) is 12.0 Å². The van der Waals surface area contributed by atoms with E-state index in [0.29, 0.717) is 13.0 Å². The maximum atomic E-state index is 9.85. The van der Waals surface area contributed by atoms with Gasteiger partial charge in [-0.05, 0) is 59.9 Å². The molecule has 0 saturated carbocycles. The van der Waals surface area contributed by atoms with Crippen LogP contribution in [0.2, 0.25) is 0 Å². The number of pyridine rings is 1. The Kier molecular flexibility index (Phi) is 6.01. The minimum Gasteiger partial charge on any atom is -0.493 e. The summed E-state index contributed by atoms with van der Waals surface area (Å²) in [6, 6.07) is 18.6. The molecule has 2 aliphatic heterocycles. The lowest BCUT2D eigenvalue weighted by molar-refractivity contribution is 0.165. The van der Waals surface area contributed by atoms with Crippen molar-refractivity contribution in [1.82, 2.24) is 9.88 Å². The zero-order valence-corrected chi connectivity index (χ0v) is 19.1. The van der Waals surface area contributed by atoms with Gasteiger partial charge in [0.05, 0.1) is 24.4 Å². The minimum atomic E-state index is 0.00285. The number of aryl methyl sites for hydroxylation is 1. The Labute approximate surface area is 194 Å². The van der Waals surface area contributed by atoms with Crippen LogP contribution in [-0.4, -0.2) is 41.0 Å². The maximum absolute atomic E-state index is 9.85. The van der Waals surface area contributed by atoms with Gasteiger partial charge in [0.1, 0.15) is 6.61 Å². The fraction of sp³-hybridized carbons (Fsp3) is 0.333. The van der Waals surface area contributed by atoms with Gasteiger partial charge in [-0.2, -0.15) is 0 Å². The van der Waals surface area contributed by atoms with Gasteiger partial charge in [-0.3, -0.25) is 9.88 Å². The number of ether oxygens (including phenoxy) is 2. The van der Waals surface area contributed by atoms with Gasteiger partial charge in [0.15, 0.2) is 11.5 Å². The molecule has 0 radical (unpaired) electrons. The van der Waals surface area contributed by atoms with Crippen LogP contribution in [0, 0.1) is 6.92 Å². The van der Waals surface area contributed by atoms with E-state index in [9.17, 15) is 5.21 Å². The SMILES string of the molecule is COc1cc2c(cc1OCc1ccccc1)CCN1C[C@H](c3cc(C)ccn3)/C(=N\O)C[C@H]21. The Bertz CT molecular complexity index is 1160. The predicted molar refractivity (Wildman–Crippen MR) is 127 cm³/mol. The highest BCUT2D eigenvalue weighted by Gasteiger charge is 2.39. The van der Waals surface area contributed by atoms with Crippen molar-refractivity contribution in [2.45, 2.75) is 38.3 Å². The largest absolute Gasteiger partial charge is 0.493 e. The van der Waals surface area contributed by atoms with Crippen molar-refractivity contribution in [3.63, 3.8) is 0 Å². The van der Waals surface area contributed by atoms with Crippen LogP contribution in [0.25, 0.3) is 0 Å². The number of hydrogen-bond acceptors (Lipinski definition) is 6. The molecule has 1 fully saturated rings. The number of aromatic nitrogens is 1. The van der Waals surface area contributed by atoms with Gasteiger partial charge in [-0.25, -0.2) is 0 Å². The molecule has 0 bridgehead atoms. The first-order valence-electron chi connectivity index (χ1n) is 11.4. The van der Waals surface area contributed by atoms with Crippen molar-refractivity contribution in [3.8, 4) is 11.5 Å². The molecule has 0 unspecified atom stereocenters. The maximum Gasteiger partial charge on any atom is 0.161 e. The summed E-state index contributed by atoms with van der Waals surface area (Å²) in [7, 11) is 1.68. The number of fused-ring (bicyclic) bond motifs is 3. The summed E-state index contributed by atoms with van der Waals surface area (Å²) >= 11 is 0. The molecule has 2 atom stereocenters. The zero-order chi connectivity index (χ0) is 22.8. The first-order chi connectivity index (χ1) is 16.2. The average Bonchev–Trinajstić information content (AvgIpc) is 2.86. The van der Waals surface area contributed by atoms with E-state index in [4.69, 9.17) is 9.47 Å². The standard InChI is InChI=1S/C27H29N3O3/c1-18-8-10-28-23(12-18)22-16-30-11-9-20-13-27(33-17-19-6-4-3-5-7-19)26(32-2)14-21(20)25(30)15-24(22)29-31/h3-8,10,12-14,22,25,31H,9,11,15-17H2,1-2H3/b29-24-/t22-,25-/m1/s1. The van der Waals surface area contributed by atoms with E-state index in [1.807, 2.05) is 30.5 Å². The number of piperidine rings is 1. The Balaban J connectivity index is 1.41. The molecule has 170 valence electrons. The normalized spacial score (nSPS) is 21.3. The van der Waals surface area contributed by atoms with Gasteiger partial charge in [0.2, 0.25) is 0 Å². The third-order valence-electron chi connectivity index (χ3n) is 6.77. The van der Waals surface area contributed by atoms with Gasteiger partial charge in [-0.15, -0.1) is 0 Å². The molecule has 5 rings (SSSR count). The number of benzene rings is 2. The van der Waals surface area contributed by atoms with E-state index in [2.05, 4.69) is 52.3 Å². The van der Waals surface area contributed by atoms with Crippen LogP contribution >= 0.6 is 0 Å². The summed E-state index contributed by atoms with van der Waals surface area (Å²) in [4.78, 5) is 7.05. The molecule has 2 aromatic carbocycles. The molecule has 3 aromatic rings. The van der Waals surface area contributed by atoms with Crippen molar-refractivity contribution >= 4 is 5.71 Å². The molecular formula is C27H29N3O3. The second-order valence-electron chi connectivity index (χ2n) is 8.84. The third kappa shape index (κ3) is 4.31. The van der Waals surface area contributed by atoms with E-state index >= 15 is 0 Å². The molecule has 3 heterocycles. The predicted octanol–water partition coefficient (Wildman–Crippen LogP) is 4.89. The average molecular weight is 444 g/mol. The molecule has 6 nitrogen and oxygen atoms in total. The number of rotatable bonds is 5. The van der Waals surface area contributed by atoms with Crippen LogP contribution < -0.4 is 9.47 Å². The van der Waals surface area contributed by atoms with Crippen LogP contribution in [0.5, 0.6) is 11.5 Å². The van der Waals surface area contributed by atoms with Crippen molar-refractivity contribution in [2.24, 2.45) is 5.16 Å². The molecule has 1 aromatic heterocycles. The molecule has 33 heavy (non-hydrogen) atoms. The van der Waals surface area contributed by atoms with Crippen LogP contribution in [-0.2, 0) is 13.0 Å². The molecule has 2 aliphatic rings. The number of oxime groups is 1. The Morgan fingerprint density at radius 1 is 1.12 bits per heavy atom. The highest BCUT2D eigenvalue weighted by Crippen LogP contribution is 2.43. The van der Waals surface area contributed by atoms with Crippen molar-refractivity contribution < 1.29 is 14.7 Å². The van der Waals surface area contributed by atoms with Crippen molar-refractivity contribution in [1.29, 1.82) is 0 Å². The number of nitrogens with zero attached hydrogens (tertiary/aromatic N) is 3. The fourth-order valence-corrected chi connectivity index (χ4v) is 5.03. The summed E-state index contributed by atoms with van der Waals surface area (Å²) in [5.74, 6) is 1.50. The van der Waals surface area contributed by atoms with Gasteiger partial charge >= 0.3 is 0 Å². The van der Waals surface area contributed by atoms with E-state index in [0.717, 1.165) is 53.5 Å². The first-order valence-corrected chi connectivity index (χ1v) is 11.4. The van der Waals surface area contributed by atoms with Crippen molar-refractivity contribution in [3.05, 3.63) is 88.7 Å². The zero-order valence-electron chi connectivity index (χ0n) is 19.1. The number of methoxy groups -OCH3 is 1. The van der Waals surface area contributed by atoms with Crippen LogP contribution in [0.4, 0.5) is 0 Å². The summed E-state index contributed by atoms with van der Waals surface area (Å²) in [5, 5.41) is 13.6. The smallest absolute Gasteiger partial charge is 0.161 e. The van der Waals surface area contributed by atoms with Crippen LogP contribution in [0.3, 0.4) is 0 Å². The monoisotopic (exact) mass is 443 g/mol. The summed E-state index contributed by atoms with van der Waals surface area (Å²) in [6.07, 6.45) is 3.44. The lowest BCUT2D eigenvalue weighted by Crippen LogP contribution is -2.45. The second-order valence-corrected chi connectivity index (χ2v) is 8.84. The van der Waals surface area contributed by atoms with Gasteiger partial charge in [0, 0.05) is 31.7 Å². The van der Waals surface area contributed by atoms with Gasteiger partial charge in [-0.1, -0.05) is 35.5 Å². The van der Waals surface area contributed by atoms with Crippen molar-refractivity contribution in [2.75, 3.05) is 20.2 Å². The Hall–Kier alpha value is -3.38. The lowest BCUT2D eigenvalue weighted by atomic mass is 9.80. The molecule has 1 N–H and O–H groups in total. The molecule has 0 spiro atoms. The molecule has 0 amide bonds. The molecule has 1 saturated heterocycles. The first kappa shape index (κ1) is 21.5. The van der Waals surface area contributed by atoms with Crippen LogP contribution in [0.1, 0.15) is 46.3 Å². The van der Waals surface area contributed by atoms with E-state index in [1.54, 1.807) is 7.11 Å². The lowest BCUT2D eigenvalue weighted by Gasteiger charge is -2.43. The summed E-state index contributed by atoms with van der Waals surface area (Å²) in [6.45, 7) is 4.29. The Morgan fingerprint density at radius 3 is 2.73 bits per heavy atom.